The van der Waals surface area contributed by atoms with Crippen LogP contribution in [0.25, 0.3) is 0 Å². The Kier molecular flexibility index (Phi) is 6.71. The van der Waals surface area contributed by atoms with Gasteiger partial charge in [0.25, 0.3) is 0 Å². The maximum Gasteiger partial charge on any atom is 0.311 e. The Hall–Kier alpha value is -1.74. The van der Waals surface area contributed by atoms with Crippen molar-refractivity contribution in [2.45, 2.75) is 40.7 Å². The first-order valence-electron chi connectivity index (χ1n) is 7.92. The van der Waals surface area contributed by atoms with Gasteiger partial charge in [0, 0.05) is 11.1 Å². The van der Waals surface area contributed by atoms with Crippen LogP contribution >= 0.6 is 27.3 Å². The Morgan fingerprint density at radius 1 is 1.44 bits per heavy atom. The molecule has 0 saturated carbocycles. The molecule has 2 rings (SSSR count). The maximum atomic E-state index is 12.4. The smallest absolute Gasteiger partial charge is 0.311 e. The first-order chi connectivity index (χ1) is 11.8. The van der Waals surface area contributed by atoms with Crippen molar-refractivity contribution >= 4 is 44.3 Å². The number of hydrogen-bond donors (Lipinski definition) is 1. The van der Waals surface area contributed by atoms with Crippen molar-refractivity contribution in [2.75, 3.05) is 11.9 Å². The average molecular weight is 429 g/mol. The number of nitrogens with one attached hydrogen (secondary N) is 1. The lowest BCUT2D eigenvalue weighted by Crippen LogP contribution is -2.25. The molecule has 1 unspecified atom stereocenters. The molecule has 2 aromatic rings. The van der Waals surface area contributed by atoms with E-state index in [0.717, 1.165) is 15.9 Å². The van der Waals surface area contributed by atoms with Crippen LogP contribution in [0.1, 0.15) is 30.9 Å². The van der Waals surface area contributed by atoms with Gasteiger partial charge in [-0.2, -0.15) is 5.10 Å². The standard InChI is InChI=1S/C16H21BrN4O3S/c1-5-24-13(22)6-12-8-25-16(18-12)19-15(23)9(2)7-21-11(4)14(17)10(3)20-21/h8-9H,5-7H2,1-4H3,(H,18,19,23). The number of rotatable bonds is 7. The zero-order valence-corrected chi connectivity index (χ0v) is 17.0. The first-order valence-corrected chi connectivity index (χ1v) is 9.59. The van der Waals surface area contributed by atoms with Gasteiger partial charge in [0.2, 0.25) is 5.91 Å². The van der Waals surface area contributed by atoms with Crippen molar-refractivity contribution in [3.8, 4) is 0 Å². The van der Waals surface area contributed by atoms with Crippen LogP contribution in [0.5, 0.6) is 0 Å². The number of ether oxygens (including phenoxy) is 1. The molecule has 0 aliphatic carbocycles. The van der Waals surface area contributed by atoms with Crippen LogP contribution in [-0.2, 0) is 27.3 Å². The highest BCUT2D eigenvalue weighted by molar-refractivity contribution is 9.10. The molecule has 0 radical (unpaired) electrons. The summed E-state index contributed by atoms with van der Waals surface area (Å²) in [5.74, 6) is -0.739. The fraction of sp³-hybridized carbons (Fsp3) is 0.500. The zero-order chi connectivity index (χ0) is 18.6. The lowest BCUT2D eigenvalue weighted by molar-refractivity contribution is -0.142. The van der Waals surface area contributed by atoms with Crippen molar-refractivity contribution in [3.05, 3.63) is 26.9 Å². The Morgan fingerprint density at radius 3 is 2.76 bits per heavy atom. The number of aryl methyl sites for hydroxylation is 1. The summed E-state index contributed by atoms with van der Waals surface area (Å²) < 4.78 is 7.67. The van der Waals surface area contributed by atoms with Gasteiger partial charge in [-0.3, -0.25) is 14.3 Å². The van der Waals surface area contributed by atoms with Gasteiger partial charge in [-0.25, -0.2) is 4.98 Å². The molecule has 0 aliphatic heterocycles. The fourth-order valence-electron chi connectivity index (χ4n) is 2.23. The van der Waals surface area contributed by atoms with E-state index in [9.17, 15) is 9.59 Å². The van der Waals surface area contributed by atoms with Gasteiger partial charge in [-0.15, -0.1) is 11.3 Å². The number of halogens is 1. The van der Waals surface area contributed by atoms with E-state index < -0.39 is 0 Å². The topological polar surface area (TPSA) is 86.1 Å². The Labute approximate surface area is 158 Å². The first kappa shape index (κ1) is 19.6. The van der Waals surface area contributed by atoms with Crippen molar-refractivity contribution in [1.29, 1.82) is 0 Å². The zero-order valence-electron chi connectivity index (χ0n) is 14.6. The molecular formula is C16H21BrN4O3S. The predicted molar refractivity (Wildman–Crippen MR) is 99.6 cm³/mol. The minimum atomic E-state index is -0.325. The van der Waals surface area contributed by atoms with Crippen LogP contribution in [0, 0.1) is 19.8 Å². The SMILES string of the molecule is CCOC(=O)Cc1csc(NC(=O)C(C)Cn2nc(C)c(Br)c2C)n1. The summed E-state index contributed by atoms with van der Waals surface area (Å²) in [5.41, 5.74) is 2.48. The van der Waals surface area contributed by atoms with Crippen molar-refractivity contribution in [1.82, 2.24) is 14.8 Å². The lowest BCUT2D eigenvalue weighted by atomic mass is 10.1. The Morgan fingerprint density at radius 2 is 2.16 bits per heavy atom. The van der Waals surface area contributed by atoms with Gasteiger partial charge in [0.05, 0.1) is 41.4 Å². The van der Waals surface area contributed by atoms with Crippen LogP contribution in [0.15, 0.2) is 9.85 Å². The summed E-state index contributed by atoms with van der Waals surface area (Å²) >= 11 is 4.77. The Bertz CT molecular complexity index is 772. The molecule has 0 bridgehead atoms. The molecule has 7 nitrogen and oxygen atoms in total. The van der Waals surface area contributed by atoms with Gasteiger partial charge in [0.15, 0.2) is 5.13 Å². The highest BCUT2D eigenvalue weighted by Crippen LogP contribution is 2.21. The summed E-state index contributed by atoms with van der Waals surface area (Å²) in [6.07, 6.45) is 0.107. The summed E-state index contributed by atoms with van der Waals surface area (Å²) in [5, 5.41) is 9.43. The van der Waals surface area contributed by atoms with E-state index in [4.69, 9.17) is 4.74 Å². The van der Waals surface area contributed by atoms with Crippen LogP contribution in [0.3, 0.4) is 0 Å². The van der Waals surface area contributed by atoms with Crippen LogP contribution in [-0.4, -0.2) is 33.2 Å². The molecule has 1 N–H and O–H groups in total. The van der Waals surface area contributed by atoms with Gasteiger partial charge < -0.3 is 10.1 Å². The quantitative estimate of drug-likeness (QED) is 0.684. The molecule has 0 aromatic carbocycles. The summed E-state index contributed by atoms with van der Waals surface area (Å²) in [4.78, 5) is 28.1. The second-order valence-corrected chi connectivity index (χ2v) is 7.33. The summed E-state index contributed by atoms with van der Waals surface area (Å²) in [7, 11) is 0. The van der Waals surface area contributed by atoms with Gasteiger partial charge >= 0.3 is 5.97 Å². The van der Waals surface area contributed by atoms with Gasteiger partial charge in [0.1, 0.15) is 0 Å². The molecule has 2 aromatic heterocycles. The minimum Gasteiger partial charge on any atom is -0.466 e. The number of aromatic nitrogens is 3. The van der Waals surface area contributed by atoms with E-state index in [2.05, 4.69) is 31.3 Å². The molecule has 1 amide bonds. The molecule has 2 heterocycles. The summed E-state index contributed by atoms with van der Waals surface area (Å²) in [6.45, 7) is 8.29. The number of hydrogen-bond acceptors (Lipinski definition) is 6. The molecule has 1 atom stereocenters. The number of thiazole rings is 1. The number of nitrogens with zero attached hydrogens (tertiary/aromatic N) is 3. The molecule has 0 saturated heterocycles. The molecule has 0 fully saturated rings. The maximum absolute atomic E-state index is 12.4. The molecule has 25 heavy (non-hydrogen) atoms. The van der Waals surface area contributed by atoms with Crippen LogP contribution < -0.4 is 5.32 Å². The number of amides is 1. The molecule has 0 spiro atoms. The molecular weight excluding hydrogens is 408 g/mol. The number of esters is 1. The van der Waals surface area contributed by atoms with E-state index >= 15 is 0 Å². The van der Waals surface area contributed by atoms with Crippen LogP contribution in [0.4, 0.5) is 5.13 Å². The number of carbonyl (C=O) groups is 2. The molecule has 9 heteroatoms. The van der Waals surface area contributed by atoms with Crippen molar-refractivity contribution in [3.63, 3.8) is 0 Å². The highest BCUT2D eigenvalue weighted by atomic mass is 79.9. The van der Waals surface area contributed by atoms with Crippen molar-refractivity contribution in [2.24, 2.45) is 5.92 Å². The van der Waals surface area contributed by atoms with E-state index in [1.54, 1.807) is 12.3 Å². The normalized spacial score (nSPS) is 12.0. The molecule has 136 valence electrons. The number of carbonyl (C=O) groups excluding carboxylic acids is 2. The van der Waals surface area contributed by atoms with E-state index in [1.807, 2.05) is 25.5 Å². The van der Waals surface area contributed by atoms with Gasteiger partial charge in [-0.05, 0) is 36.7 Å². The predicted octanol–water partition coefficient (Wildman–Crippen LogP) is 3.10. The second kappa shape index (κ2) is 8.57. The average Bonchev–Trinajstić information content (AvgIpc) is 3.08. The second-order valence-electron chi connectivity index (χ2n) is 5.68. The summed E-state index contributed by atoms with van der Waals surface area (Å²) in [6, 6.07) is 0. The van der Waals surface area contributed by atoms with E-state index in [-0.39, 0.29) is 24.2 Å². The van der Waals surface area contributed by atoms with Gasteiger partial charge in [-0.1, -0.05) is 6.92 Å². The fourth-order valence-corrected chi connectivity index (χ4v) is 3.23. The third kappa shape index (κ3) is 5.12. The van der Waals surface area contributed by atoms with Crippen LogP contribution in [0.2, 0.25) is 0 Å². The minimum absolute atomic E-state index is 0.107. The van der Waals surface area contributed by atoms with Crippen molar-refractivity contribution < 1.29 is 14.3 Å². The van der Waals surface area contributed by atoms with E-state index in [0.29, 0.717) is 24.0 Å². The highest BCUT2D eigenvalue weighted by Gasteiger charge is 2.18. The third-order valence-electron chi connectivity index (χ3n) is 3.60. The monoisotopic (exact) mass is 428 g/mol. The lowest BCUT2D eigenvalue weighted by Gasteiger charge is -2.12. The van der Waals surface area contributed by atoms with E-state index in [1.165, 1.54) is 11.3 Å². The number of anilines is 1. The Balaban J connectivity index is 1.93. The third-order valence-corrected chi connectivity index (χ3v) is 5.55. The molecule has 0 aliphatic rings. The largest absolute Gasteiger partial charge is 0.466 e.